The highest BCUT2D eigenvalue weighted by Gasteiger charge is 2.07. The maximum atomic E-state index is 5.56. The number of nitrogens with two attached hydrogens (primary N) is 1. The molecule has 1 nitrogen and oxygen atoms in total. The molecule has 0 fully saturated rings. The Labute approximate surface area is 81.0 Å². The van der Waals surface area contributed by atoms with Gasteiger partial charge in [-0.15, -0.1) is 0 Å². The van der Waals surface area contributed by atoms with Gasteiger partial charge in [0.15, 0.2) is 0 Å². The van der Waals surface area contributed by atoms with Crippen molar-refractivity contribution >= 4 is 0 Å². The van der Waals surface area contributed by atoms with Crippen LogP contribution in [0.1, 0.15) is 37.3 Å². The third-order valence-corrected chi connectivity index (χ3v) is 2.57. The Morgan fingerprint density at radius 1 is 1.31 bits per heavy atom. The van der Waals surface area contributed by atoms with E-state index in [0.717, 1.165) is 19.4 Å². The summed E-state index contributed by atoms with van der Waals surface area (Å²) >= 11 is 0. The van der Waals surface area contributed by atoms with Crippen LogP contribution in [0.4, 0.5) is 0 Å². The van der Waals surface area contributed by atoms with Crippen LogP contribution < -0.4 is 5.73 Å². The number of rotatable bonds is 4. The highest BCUT2D eigenvalue weighted by molar-refractivity contribution is 5.29. The molecular weight excluding hydrogens is 158 g/mol. The molecule has 0 spiro atoms. The van der Waals surface area contributed by atoms with Crippen molar-refractivity contribution in [1.29, 1.82) is 0 Å². The van der Waals surface area contributed by atoms with Crippen molar-refractivity contribution in [3.05, 3.63) is 35.4 Å². The van der Waals surface area contributed by atoms with Crippen LogP contribution >= 0.6 is 0 Å². The average Bonchev–Trinajstić information content (AvgIpc) is 2.18. The van der Waals surface area contributed by atoms with Gasteiger partial charge in [-0.1, -0.05) is 38.1 Å². The molecule has 0 bridgehead atoms. The first-order valence-corrected chi connectivity index (χ1v) is 5.07. The highest BCUT2D eigenvalue weighted by atomic mass is 14.5. The molecule has 0 aliphatic carbocycles. The fourth-order valence-electron chi connectivity index (χ4n) is 1.74. The van der Waals surface area contributed by atoms with Crippen molar-refractivity contribution in [1.82, 2.24) is 0 Å². The smallest absolute Gasteiger partial charge is 0.00715 e. The van der Waals surface area contributed by atoms with E-state index in [2.05, 4.69) is 38.1 Å². The Bertz CT molecular complexity index is 255. The molecule has 1 rings (SSSR count). The standard InChI is InChI=1S/C12H19N/c1-3-11-6-4-5-7-12(11)10(2)8-9-13/h4-7,10H,3,8-9,13H2,1-2H3. The third kappa shape index (κ3) is 2.56. The second-order valence-electron chi connectivity index (χ2n) is 3.53. The summed E-state index contributed by atoms with van der Waals surface area (Å²) in [5.41, 5.74) is 8.49. The highest BCUT2D eigenvalue weighted by Crippen LogP contribution is 2.22. The van der Waals surface area contributed by atoms with E-state index in [1.165, 1.54) is 11.1 Å². The topological polar surface area (TPSA) is 26.0 Å². The monoisotopic (exact) mass is 177 g/mol. The molecule has 1 heteroatoms. The molecular formula is C12H19N. The van der Waals surface area contributed by atoms with Gasteiger partial charge in [0.2, 0.25) is 0 Å². The number of hydrogen-bond donors (Lipinski definition) is 1. The van der Waals surface area contributed by atoms with Gasteiger partial charge in [0, 0.05) is 0 Å². The molecule has 0 saturated heterocycles. The van der Waals surface area contributed by atoms with E-state index in [1.807, 2.05) is 0 Å². The van der Waals surface area contributed by atoms with Crippen LogP contribution in [-0.2, 0) is 6.42 Å². The summed E-state index contributed by atoms with van der Waals surface area (Å²) in [7, 11) is 0. The maximum Gasteiger partial charge on any atom is -0.00715 e. The zero-order valence-electron chi connectivity index (χ0n) is 8.59. The van der Waals surface area contributed by atoms with E-state index in [-0.39, 0.29) is 0 Å². The van der Waals surface area contributed by atoms with Gasteiger partial charge in [-0.25, -0.2) is 0 Å². The molecule has 1 unspecified atom stereocenters. The van der Waals surface area contributed by atoms with Crippen LogP contribution in [0.15, 0.2) is 24.3 Å². The molecule has 1 atom stereocenters. The first kappa shape index (κ1) is 10.3. The maximum absolute atomic E-state index is 5.56. The predicted octanol–water partition coefficient (Wildman–Crippen LogP) is 2.70. The lowest BCUT2D eigenvalue weighted by Crippen LogP contribution is -2.06. The Morgan fingerprint density at radius 3 is 2.62 bits per heavy atom. The lowest BCUT2D eigenvalue weighted by atomic mass is 9.92. The van der Waals surface area contributed by atoms with E-state index in [1.54, 1.807) is 0 Å². The normalized spacial score (nSPS) is 12.8. The van der Waals surface area contributed by atoms with Crippen molar-refractivity contribution in [2.75, 3.05) is 6.54 Å². The number of aryl methyl sites for hydroxylation is 1. The molecule has 0 saturated carbocycles. The molecule has 0 aliphatic rings. The van der Waals surface area contributed by atoms with E-state index in [0.29, 0.717) is 5.92 Å². The summed E-state index contributed by atoms with van der Waals surface area (Å²) in [5, 5.41) is 0. The lowest BCUT2D eigenvalue weighted by Gasteiger charge is -2.14. The van der Waals surface area contributed by atoms with Gasteiger partial charge in [-0.3, -0.25) is 0 Å². The molecule has 2 N–H and O–H groups in total. The van der Waals surface area contributed by atoms with Crippen molar-refractivity contribution < 1.29 is 0 Å². The second kappa shape index (κ2) is 5.03. The van der Waals surface area contributed by atoms with Crippen LogP contribution in [0.3, 0.4) is 0 Å². The van der Waals surface area contributed by atoms with Crippen LogP contribution in [0.2, 0.25) is 0 Å². The average molecular weight is 177 g/mol. The molecule has 0 heterocycles. The van der Waals surface area contributed by atoms with Gasteiger partial charge < -0.3 is 5.73 Å². The minimum absolute atomic E-state index is 0.598. The lowest BCUT2D eigenvalue weighted by molar-refractivity contribution is 0.683. The van der Waals surface area contributed by atoms with Crippen LogP contribution in [0.25, 0.3) is 0 Å². The summed E-state index contributed by atoms with van der Waals surface area (Å²) in [4.78, 5) is 0. The van der Waals surface area contributed by atoms with Crippen LogP contribution in [-0.4, -0.2) is 6.54 Å². The molecule has 1 aromatic rings. The third-order valence-electron chi connectivity index (χ3n) is 2.57. The van der Waals surface area contributed by atoms with Gasteiger partial charge in [-0.2, -0.15) is 0 Å². The fourth-order valence-corrected chi connectivity index (χ4v) is 1.74. The van der Waals surface area contributed by atoms with E-state index in [4.69, 9.17) is 5.73 Å². The van der Waals surface area contributed by atoms with Gasteiger partial charge in [-0.05, 0) is 36.4 Å². The Balaban J connectivity index is 2.85. The number of hydrogen-bond acceptors (Lipinski definition) is 1. The zero-order valence-corrected chi connectivity index (χ0v) is 8.59. The summed E-state index contributed by atoms with van der Waals surface area (Å²) in [6, 6.07) is 8.65. The van der Waals surface area contributed by atoms with Gasteiger partial charge in [0.05, 0.1) is 0 Å². The van der Waals surface area contributed by atoms with Gasteiger partial charge in [0.25, 0.3) is 0 Å². The van der Waals surface area contributed by atoms with Crippen molar-refractivity contribution in [2.24, 2.45) is 5.73 Å². The SMILES string of the molecule is CCc1ccccc1C(C)CCN. The molecule has 72 valence electrons. The largest absolute Gasteiger partial charge is 0.330 e. The van der Waals surface area contributed by atoms with Crippen molar-refractivity contribution in [3.8, 4) is 0 Å². The summed E-state index contributed by atoms with van der Waals surface area (Å²) in [6.45, 7) is 5.23. The van der Waals surface area contributed by atoms with Gasteiger partial charge in [0.1, 0.15) is 0 Å². The molecule has 0 radical (unpaired) electrons. The molecule has 0 aromatic heterocycles. The van der Waals surface area contributed by atoms with Crippen molar-refractivity contribution in [2.45, 2.75) is 32.6 Å². The summed E-state index contributed by atoms with van der Waals surface area (Å²) in [5.74, 6) is 0.598. The second-order valence-corrected chi connectivity index (χ2v) is 3.53. The minimum atomic E-state index is 0.598. The minimum Gasteiger partial charge on any atom is -0.330 e. The van der Waals surface area contributed by atoms with E-state index in [9.17, 15) is 0 Å². The first-order chi connectivity index (χ1) is 6.29. The van der Waals surface area contributed by atoms with Crippen LogP contribution in [0, 0.1) is 0 Å². The predicted molar refractivity (Wildman–Crippen MR) is 57.9 cm³/mol. The Hall–Kier alpha value is -0.820. The zero-order chi connectivity index (χ0) is 9.68. The molecule has 0 aliphatic heterocycles. The Morgan fingerprint density at radius 2 is 2.00 bits per heavy atom. The quantitative estimate of drug-likeness (QED) is 0.752. The van der Waals surface area contributed by atoms with E-state index >= 15 is 0 Å². The number of benzene rings is 1. The summed E-state index contributed by atoms with van der Waals surface area (Å²) in [6.07, 6.45) is 2.20. The van der Waals surface area contributed by atoms with Crippen molar-refractivity contribution in [3.63, 3.8) is 0 Å². The Kier molecular flexibility index (Phi) is 3.97. The first-order valence-electron chi connectivity index (χ1n) is 5.07. The fraction of sp³-hybridized carbons (Fsp3) is 0.500. The molecule has 1 aromatic carbocycles. The molecule has 13 heavy (non-hydrogen) atoms. The van der Waals surface area contributed by atoms with E-state index < -0.39 is 0 Å². The van der Waals surface area contributed by atoms with Crippen LogP contribution in [0.5, 0.6) is 0 Å². The summed E-state index contributed by atoms with van der Waals surface area (Å²) < 4.78 is 0. The van der Waals surface area contributed by atoms with Gasteiger partial charge >= 0.3 is 0 Å². The molecule has 0 amide bonds.